The molecule has 0 spiro atoms. The predicted molar refractivity (Wildman–Crippen MR) is 91.2 cm³/mol. The van der Waals surface area contributed by atoms with Gasteiger partial charge in [0.15, 0.2) is 5.78 Å². The zero-order valence-electron chi connectivity index (χ0n) is 13.3. The van der Waals surface area contributed by atoms with Gasteiger partial charge in [0, 0.05) is 11.3 Å². The molecule has 2 aromatic carbocycles. The summed E-state index contributed by atoms with van der Waals surface area (Å²) in [6.45, 7) is 3.84. The Hall–Kier alpha value is -2.82. The first-order chi connectivity index (χ1) is 11.0. The summed E-state index contributed by atoms with van der Waals surface area (Å²) in [6, 6.07) is 12.1. The van der Waals surface area contributed by atoms with Gasteiger partial charge in [-0.1, -0.05) is 19.1 Å². The average molecular weight is 312 g/mol. The zero-order valence-corrected chi connectivity index (χ0v) is 13.3. The van der Waals surface area contributed by atoms with Crippen LogP contribution in [0.3, 0.4) is 0 Å². The molecule has 2 aromatic rings. The topological polar surface area (TPSA) is 81.4 Å². The van der Waals surface area contributed by atoms with Crippen molar-refractivity contribution >= 4 is 28.8 Å². The largest absolute Gasteiger partial charge is 0.462 e. The van der Waals surface area contributed by atoms with Gasteiger partial charge in [-0.2, -0.15) is 0 Å². The molecule has 2 rings (SSSR count). The van der Waals surface area contributed by atoms with Crippen molar-refractivity contribution < 1.29 is 14.3 Å². The Morgan fingerprint density at radius 3 is 2.57 bits per heavy atom. The number of carbonyl (C=O) groups is 2. The monoisotopic (exact) mass is 312 g/mol. The third-order valence-electron chi connectivity index (χ3n) is 3.27. The van der Waals surface area contributed by atoms with Crippen molar-refractivity contribution in [2.24, 2.45) is 0 Å². The molecule has 3 N–H and O–H groups in total. The van der Waals surface area contributed by atoms with E-state index in [4.69, 9.17) is 10.5 Å². The van der Waals surface area contributed by atoms with Crippen molar-refractivity contribution in [3.05, 3.63) is 53.6 Å². The fraction of sp³-hybridized carbons (Fsp3) is 0.222. The molecule has 5 heteroatoms. The number of nitrogen functional groups attached to an aromatic ring is 1. The molecule has 0 radical (unpaired) electrons. The Morgan fingerprint density at radius 2 is 1.91 bits per heavy atom. The maximum atomic E-state index is 11.8. The van der Waals surface area contributed by atoms with Crippen molar-refractivity contribution in [3.8, 4) is 0 Å². The van der Waals surface area contributed by atoms with Gasteiger partial charge in [-0.3, -0.25) is 4.79 Å². The molecule has 0 atom stereocenters. The molecule has 5 nitrogen and oxygen atoms in total. The van der Waals surface area contributed by atoms with E-state index in [1.165, 1.54) is 6.92 Å². The number of ether oxygens (including phenoxy) is 1. The first kappa shape index (κ1) is 16.5. The van der Waals surface area contributed by atoms with Crippen LogP contribution in [-0.4, -0.2) is 18.4 Å². The van der Waals surface area contributed by atoms with Crippen molar-refractivity contribution in [2.75, 3.05) is 17.7 Å². The number of hydrogen-bond donors (Lipinski definition) is 2. The number of hydrogen-bond acceptors (Lipinski definition) is 5. The van der Waals surface area contributed by atoms with E-state index in [-0.39, 0.29) is 11.8 Å². The van der Waals surface area contributed by atoms with E-state index in [2.05, 4.69) is 5.32 Å². The summed E-state index contributed by atoms with van der Waals surface area (Å²) in [5.74, 6) is -0.390. The standard InChI is InChI=1S/C18H20N2O3/c1-3-9-23-18(22)14-7-8-17(16(19)11-14)20-15-6-4-5-13(10-15)12(2)21/h4-8,10-11,20H,3,9,19H2,1-2H3. The fourth-order valence-corrected chi connectivity index (χ4v) is 2.05. The summed E-state index contributed by atoms with van der Waals surface area (Å²) in [6.07, 6.45) is 0.771. The summed E-state index contributed by atoms with van der Waals surface area (Å²) in [7, 11) is 0. The van der Waals surface area contributed by atoms with E-state index < -0.39 is 0 Å². The molecule has 0 saturated carbocycles. The normalized spacial score (nSPS) is 10.2. The van der Waals surface area contributed by atoms with Crippen LogP contribution in [0.5, 0.6) is 0 Å². The Bertz CT molecular complexity index is 726. The second-order valence-electron chi connectivity index (χ2n) is 5.20. The maximum absolute atomic E-state index is 11.8. The minimum Gasteiger partial charge on any atom is -0.462 e. The van der Waals surface area contributed by atoms with Crippen molar-refractivity contribution in [3.63, 3.8) is 0 Å². The van der Waals surface area contributed by atoms with Gasteiger partial charge in [0.25, 0.3) is 0 Å². The van der Waals surface area contributed by atoms with Crippen LogP contribution < -0.4 is 11.1 Å². The van der Waals surface area contributed by atoms with Crippen molar-refractivity contribution in [2.45, 2.75) is 20.3 Å². The van der Waals surface area contributed by atoms with E-state index in [1.54, 1.807) is 36.4 Å². The minimum atomic E-state index is -0.385. The highest BCUT2D eigenvalue weighted by molar-refractivity contribution is 5.95. The van der Waals surface area contributed by atoms with Gasteiger partial charge >= 0.3 is 5.97 Å². The molecule has 0 unspecified atom stereocenters. The predicted octanol–water partition coefficient (Wildman–Crippen LogP) is 3.78. The van der Waals surface area contributed by atoms with Crippen LogP contribution >= 0.6 is 0 Å². The number of carbonyl (C=O) groups excluding carboxylic acids is 2. The molecule has 0 heterocycles. The molecule has 0 aromatic heterocycles. The quantitative estimate of drug-likeness (QED) is 0.482. The molecule has 0 aliphatic rings. The summed E-state index contributed by atoms with van der Waals surface area (Å²) >= 11 is 0. The highest BCUT2D eigenvalue weighted by Gasteiger charge is 2.10. The van der Waals surface area contributed by atoms with Gasteiger partial charge < -0.3 is 15.8 Å². The SMILES string of the molecule is CCCOC(=O)c1ccc(Nc2cccc(C(C)=O)c2)c(N)c1. The van der Waals surface area contributed by atoms with E-state index in [0.29, 0.717) is 29.1 Å². The Morgan fingerprint density at radius 1 is 1.13 bits per heavy atom. The lowest BCUT2D eigenvalue weighted by molar-refractivity contribution is 0.0505. The molecular formula is C18H20N2O3. The van der Waals surface area contributed by atoms with Gasteiger partial charge in [0.05, 0.1) is 23.5 Å². The third-order valence-corrected chi connectivity index (χ3v) is 3.27. The lowest BCUT2D eigenvalue weighted by Gasteiger charge is -2.11. The molecule has 0 aliphatic heterocycles. The molecule has 120 valence electrons. The first-order valence-corrected chi connectivity index (χ1v) is 7.46. The average Bonchev–Trinajstić information content (AvgIpc) is 2.54. The number of ketones is 1. The Balaban J connectivity index is 2.17. The second kappa shape index (κ2) is 7.45. The molecule has 0 saturated heterocycles. The molecule has 0 bridgehead atoms. The number of nitrogens with two attached hydrogens (primary N) is 1. The maximum Gasteiger partial charge on any atom is 0.338 e. The number of rotatable bonds is 6. The third kappa shape index (κ3) is 4.32. The number of nitrogens with one attached hydrogen (secondary N) is 1. The van der Waals surface area contributed by atoms with Crippen molar-refractivity contribution in [1.29, 1.82) is 0 Å². The Kier molecular flexibility index (Phi) is 5.36. The van der Waals surface area contributed by atoms with E-state index in [1.807, 2.05) is 13.0 Å². The summed E-state index contributed by atoms with van der Waals surface area (Å²) in [5.41, 5.74) is 8.89. The lowest BCUT2D eigenvalue weighted by Crippen LogP contribution is -2.07. The number of esters is 1. The van der Waals surface area contributed by atoms with Crippen LogP contribution in [0.15, 0.2) is 42.5 Å². The molecule has 23 heavy (non-hydrogen) atoms. The smallest absolute Gasteiger partial charge is 0.338 e. The van der Waals surface area contributed by atoms with Crippen LogP contribution in [0.2, 0.25) is 0 Å². The molecular weight excluding hydrogens is 292 g/mol. The number of anilines is 3. The fourth-order valence-electron chi connectivity index (χ4n) is 2.05. The molecule has 0 amide bonds. The Labute approximate surface area is 135 Å². The van der Waals surface area contributed by atoms with E-state index in [9.17, 15) is 9.59 Å². The van der Waals surface area contributed by atoms with Crippen LogP contribution in [-0.2, 0) is 4.74 Å². The highest BCUT2D eigenvalue weighted by Crippen LogP contribution is 2.25. The van der Waals surface area contributed by atoms with Gasteiger partial charge in [-0.15, -0.1) is 0 Å². The first-order valence-electron chi connectivity index (χ1n) is 7.46. The van der Waals surface area contributed by atoms with Crippen LogP contribution in [0.4, 0.5) is 17.1 Å². The van der Waals surface area contributed by atoms with Crippen LogP contribution in [0, 0.1) is 0 Å². The van der Waals surface area contributed by atoms with E-state index in [0.717, 1.165) is 12.1 Å². The summed E-state index contributed by atoms with van der Waals surface area (Å²) < 4.78 is 5.08. The van der Waals surface area contributed by atoms with Crippen LogP contribution in [0.25, 0.3) is 0 Å². The van der Waals surface area contributed by atoms with Crippen molar-refractivity contribution in [1.82, 2.24) is 0 Å². The second-order valence-corrected chi connectivity index (χ2v) is 5.20. The van der Waals surface area contributed by atoms with Gasteiger partial charge in [0.2, 0.25) is 0 Å². The van der Waals surface area contributed by atoms with Gasteiger partial charge in [0.1, 0.15) is 0 Å². The minimum absolute atomic E-state index is 0.00404. The molecule has 0 aliphatic carbocycles. The summed E-state index contributed by atoms with van der Waals surface area (Å²) in [4.78, 5) is 23.2. The van der Waals surface area contributed by atoms with Crippen LogP contribution in [0.1, 0.15) is 41.0 Å². The van der Waals surface area contributed by atoms with Gasteiger partial charge in [-0.05, 0) is 43.7 Å². The lowest BCUT2D eigenvalue weighted by atomic mass is 10.1. The highest BCUT2D eigenvalue weighted by atomic mass is 16.5. The number of Topliss-reactive ketones (excluding diaryl/α,β-unsaturated/α-hetero) is 1. The number of benzene rings is 2. The van der Waals surface area contributed by atoms with E-state index >= 15 is 0 Å². The van der Waals surface area contributed by atoms with Gasteiger partial charge in [-0.25, -0.2) is 4.79 Å². The molecule has 0 fully saturated rings. The summed E-state index contributed by atoms with van der Waals surface area (Å²) in [5, 5.41) is 3.15. The zero-order chi connectivity index (χ0) is 16.8.